The summed E-state index contributed by atoms with van der Waals surface area (Å²) in [6, 6.07) is 5.16. The molecule has 1 aromatic carbocycles. The lowest BCUT2D eigenvalue weighted by molar-refractivity contribution is 0.636. The van der Waals surface area contributed by atoms with E-state index in [0.717, 1.165) is 36.2 Å². The Morgan fingerprint density at radius 1 is 1.30 bits per heavy atom. The number of nitrogens with one attached hydrogen (secondary N) is 1. The first kappa shape index (κ1) is 14.7. The van der Waals surface area contributed by atoms with E-state index in [1.165, 1.54) is 11.6 Å². The average Bonchev–Trinajstić information content (AvgIpc) is 2.40. The minimum atomic E-state index is -0.254. The molecule has 20 heavy (non-hydrogen) atoms. The minimum Gasteiger partial charge on any atom is -0.377 e. The van der Waals surface area contributed by atoms with Gasteiger partial charge in [0.05, 0.1) is 5.69 Å². The van der Waals surface area contributed by atoms with E-state index in [2.05, 4.69) is 15.2 Å². The third-order valence-corrected chi connectivity index (χ3v) is 3.54. The van der Waals surface area contributed by atoms with Gasteiger partial charge in [-0.1, -0.05) is 12.1 Å². The van der Waals surface area contributed by atoms with Crippen LogP contribution >= 0.6 is 0 Å². The molecule has 0 radical (unpaired) electrons. The van der Waals surface area contributed by atoms with E-state index in [9.17, 15) is 4.39 Å². The number of rotatable bonds is 5. The van der Waals surface area contributed by atoms with Gasteiger partial charge in [-0.25, -0.2) is 9.37 Å². The Kier molecular flexibility index (Phi) is 4.55. The van der Waals surface area contributed by atoms with Gasteiger partial charge in [0.2, 0.25) is 0 Å². The van der Waals surface area contributed by atoms with Crippen LogP contribution in [0.5, 0.6) is 0 Å². The second-order valence-electron chi connectivity index (χ2n) is 5.26. The number of benzene rings is 1. The molecule has 0 aliphatic carbocycles. The maximum atomic E-state index is 14.0. The summed E-state index contributed by atoms with van der Waals surface area (Å²) in [6.07, 6.45) is 1.99. The van der Waals surface area contributed by atoms with Gasteiger partial charge in [-0.3, -0.25) is 0 Å². The van der Waals surface area contributed by atoms with Gasteiger partial charge in [0.25, 0.3) is 0 Å². The Morgan fingerprint density at radius 2 is 2.05 bits per heavy atom. The first-order chi connectivity index (χ1) is 9.56. The number of anilines is 1. The predicted octanol–water partition coefficient (Wildman–Crippen LogP) is 2.90. The number of pyridine rings is 1. The number of para-hydroxylation sites is 1. The Balaban J connectivity index is 2.61. The zero-order valence-corrected chi connectivity index (χ0v) is 12.6. The first-order valence-electron chi connectivity index (χ1n) is 6.96. The lowest BCUT2D eigenvalue weighted by atomic mass is 10.0. The van der Waals surface area contributed by atoms with Gasteiger partial charge < -0.3 is 10.2 Å². The fourth-order valence-electron chi connectivity index (χ4n) is 2.64. The van der Waals surface area contributed by atoms with Crippen molar-refractivity contribution >= 4 is 16.6 Å². The van der Waals surface area contributed by atoms with Crippen LogP contribution < -0.4 is 10.2 Å². The quantitative estimate of drug-likeness (QED) is 0.850. The normalized spacial score (nSPS) is 11.1. The van der Waals surface area contributed by atoms with E-state index < -0.39 is 0 Å². The van der Waals surface area contributed by atoms with E-state index in [1.807, 2.05) is 34.1 Å². The SMILES string of the molecule is CNCCCc1c(C)nc2c(F)cccc2c1N(C)C. The molecule has 4 heteroatoms. The van der Waals surface area contributed by atoms with E-state index in [1.54, 1.807) is 6.07 Å². The molecule has 0 aliphatic heterocycles. The molecule has 0 spiro atoms. The van der Waals surface area contributed by atoms with E-state index in [0.29, 0.717) is 5.52 Å². The molecule has 0 saturated heterocycles. The second-order valence-corrected chi connectivity index (χ2v) is 5.26. The topological polar surface area (TPSA) is 28.2 Å². The van der Waals surface area contributed by atoms with Crippen LogP contribution in [-0.4, -0.2) is 32.7 Å². The molecule has 2 rings (SSSR count). The number of aromatic nitrogens is 1. The van der Waals surface area contributed by atoms with Gasteiger partial charge in [0, 0.05) is 25.2 Å². The van der Waals surface area contributed by atoms with Crippen molar-refractivity contribution in [3.05, 3.63) is 35.3 Å². The number of halogens is 1. The molecule has 0 atom stereocenters. The summed E-state index contributed by atoms with van der Waals surface area (Å²) < 4.78 is 14.0. The number of aryl methyl sites for hydroxylation is 1. The maximum Gasteiger partial charge on any atom is 0.149 e. The van der Waals surface area contributed by atoms with Gasteiger partial charge in [0.15, 0.2) is 0 Å². The van der Waals surface area contributed by atoms with Crippen LogP contribution in [0, 0.1) is 12.7 Å². The summed E-state index contributed by atoms with van der Waals surface area (Å²) in [5.41, 5.74) is 3.68. The van der Waals surface area contributed by atoms with Gasteiger partial charge in [0.1, 0.15) is 11.3 Å². The second kappa shape index (κ2) is 6.18. The third kappa shape index (κ3) is 2.75. The number of fused-ring (bicyclic) bond motifs is 1. The Labute approximate surface area is 119 Å². The van der Waals surface area contributed by atoms with Crippen molar-refractivity contribution < 1.29 is 4.39 Å². The van der Waals surface area contributed by atoms with Gasteiger partial charge in [-0.2, -0.15) is 0 Å². The zero-order chi connectivity index (χ0) is 14.7. The molecule has 0 fully saturated rings. The monoisotopic (exact) mass is 275 g/mol. The number of hydrogen-bond acceptors (Lipinski definition) is 3. The number of nitrogens with zero attached hydrogens (tertiary/aromatic N) is 2. The van der Waals surface area contributed by atoms with Crippen molar-refractivity contribution in [3.8, 4) is 0 Å². The molecule has 2 aromatic rings. The molecular formula is C16H22FN3. The van der Waals surface area contributed by atoms with Crippen molar-refractivity contribution in [2.75, 3.05) is 32.6 Å². The van der Waals surface area contributed by atoms with Crippen molar-refractivity contribution in [3.63, 3.8) is 0 Å². The predicted molar refractivity (Wildman–Crippen MR) is 83.0 cm³/mol. The highest BCUT2D eigenvalue weighted by molar-refractivity contribution is 5.94. The zero-order valence-electron chi connectivity index (χ0n) is 12.6. The summed E-state index contributed by atoms with van der Waals surface area (Å²) in [5.74, 6) is -0.254. The maximum absolute atomic E-state index is 14.0. The van der Waals surface area contributed by atoms with E-state index in [-0.39, 0.29) is 5.82 Å². The van der Waals surface area contributed by atoms with Crippen LogP contribution in [0.4, 0.5) is 10.1 Å². The molecule has 0 aliphatic rings. The van der Waals surface area contributed by atoms with Crippen LogP contribution in [0.1, 0.15) is 17.7 Å². The Morgan fingerprint density at radius 3 is 2.70 bits per heavy atom. The third-order valence-electron chi connectivity index (χ3n) is 3.54. The Bertz CT molecular complexity index is 608. The largest absolute Gasteiger partial charge is 0.377 e. The van der Waals surface area contributed by atoms with Crippen LogP contribution in [-0.2, 0) is 6.42 Å². The average molecular weight is 275 g/mol. The molecular weight excluding hydrogens is 253 g/mol. The van der Waals surface area contributed by atoms with Crippen LogP contribution in [0.2, 0.25) is 0 Å². The molecule has 1 aromatic heterocycles. The van der Waals surface area contributed by atoms with Gasteiger partial charge >= 0.3 is 0 Å². The molecule has 0 unspecified atom stereocenters. The standard InChI is InChI=1S/C16H22FN3/c1-11-12(8-6-10-18-2)16(20(3)4)13-7-5-9-14(17)15(13)19-11/h5,7,9,18H,6,8,10H2,1-4H3. The molecule has 0 amide bonds. The van der Waals surface area contributed by atoms with Crippen molar-refractivity contribution in [2.45, 2.75) is 19.8 Å². The van der Waals surface area contributed by atoms with Crippen molar-refractivity contribution in [2.24, 2.45) is 0 Å². The molecule has 108 valence electrons. The molecule has 1 heterocycles. The summed E-state index contributed by atoms with van der Waals surface area (Å²) in [4.78, 5) is 6.54. The molecule has 0 bridgehead atoms. The highest BCUT2D eigenvalue weighted by Crippen LogP contribution is 2.32. The van der Waals surface area contributed by atoms with Gasteiger partial charge in [-0.15, -0.1) is 0 Å². The molecule has 3 nitrogen and oxygen atoms in total. The smallest absolute Gasteiger partial charge is 0.149 e. The summed E-state index contributed by atoms with van der Waals surface area (Å²) >= 11 is 0. The highest BCUT2D eigenvalue weighted by Gasteiger charge is 2.15. The van der Waals surface area contributed by atoms with Crippen LogP contribution in [0.15, 0.2) is 18.2 Å². The van der Waals surface area contributed by atoms with Crippen molar-refractivity contribution in [1.29, 1.82) is 0 Å². The fraction of sp³-hybridized carbons (Fsp3) is 0.438. The van der Waals surface area contributed by atoms with Gasteiger partial charge in [-0.05, 0) is 45.0 Å². The lowest BCUT2D eigenvalue weighted by Gasteiger charge is -2.22. The van der Waals surface area contributed by atoms with E-state index in [4.69, 9.17) is 0 Å². The lowest BCUT2D eigenvalue weighted by Crippen LogP contribution is -2.15. The summed E-state index contributed by atoms with van der Waals surface area (Å²) in [5, 5.41) is 4.05. The number of hydrogen-bond donors (Lipinski definition) is 1. The van der Waals surface area contributed by atoms with E-state index >= 15 is 0 Å². The Hall–Kier alpha value is -1.68. The highest BCUT2D eigenvalue weighted by atomic mass is 19.1. The minimum absolute atomic E-state index is 0.254. The van der Waals surface area contributed by atoms with Crippen molar-refractivity contribution in [1.82, 2.24) is 10.3 Å². The molecule has 1 N–H and O–H groups in total. The van der Waals surface area contributed by atoms with Crippen LogP contribution in [0.3, 0.4) is 0 Å². The summed E-state index contributed by atoms with van der Waals surface area (Å²) in [6.45, 7) is 2.93. The first-order valence-corrected chi connectivity index (χ1v) is 6.96. The fourth-order valence-corrected chi connectivity index (χ4v) is 2.64. The summed E-state index contributed by atoms with van der Waals surface area (Å²) in [7, 11) is 5.95. The van der Waals surface area contributed by atoms with Crippen LogP contribution in [0.25, 0.3) is 10.9 Å². The molecule has 0 saturated carbocycles.